The first-order valence-electron chi connectivity index (χ1n) is 4.90. The van der Waals surface area contributed by atoms with Crippen molar-refractivity contribution in [2.45, 2.75) is 12.5 Å². The number of thioether (sulfide) groups is 1. The Morgan fingerprint density at radius 1 is 1.60 bits per heavy atom. The van der Waals surface area contributed by atoms with Crippen molar-refractivity contribution in [2.24, 2.45) is 0 Å². The van der Waals surface area contributed by atoms with E-state index in [1.54, 1.807) is 18.8 Å². The van der Waals surface area contributed by atoms with E-state index in [-0.39, 0.29) is 5.91 Å². The van der Waals surface area contributed by atoms with Crippen molar-refractivity contribution in [3.8, 4) is 0 Å². The largest absolute Gasteiger partial charge is 0.480 e. The van der Waals surface area contributed by atoms with Crippen LogP contribution in [0.15, 0.2) is 0 Å². The van der Waals surface area contributed by atoms with E-state index in [1.165, 1.54) is 0 Å². The van der Waals surface area contributed by atoms with Crippen LogP contribution < -0.4 is 5.32 Å². The van der Waals surface area contributed by atoms with Gasteiger partial charge in [0.2, 0.25) is 5.91 Å². The predicted octanol–water partition coefficient (Wildman–Crippen LogP) is -0.375. The van der Waals surface area contributed by atoms with E-state index < -0.39 is 12.0 Å². The van der Waals surface area contributed by atoms with Crippen molar-refractivity contribution in [3.05, 3.63) is 0 Å². The maximum absolute atomic E-state index is 11.0. The summed E-state index contributed by atoms with van der Waals surface area (Å²) in [5, 5.41) is 11.5. The minimum atomic E-state index is -0.792. The fourth-order valence-electron chi connectivity index (χ4n) is 1.50. The van der Waals surface area contributed by atoms with E-state index in [0.29, 0.717) is 18.7 Å². The van der Waals surface area contributed by atoms with Crippen LogP contribution in [0.1, 0.15) is 6.42 Å². The predicted molar refractivity (Wildman–Crippen MR) is 59.0 cm³/mol. The summed E-state index contributed by atoms with van der Waals surface area (Å²) in [5.41, 5.74) is 0. The quantitative estimate of drug-likeness (QED) is 0.692. The first kappa shape index (κ1) is 12.3. The fraction of sp³-hybridized carbons (Fsp3) is 0.778. The Morgan fingerprint density at radius 2 is 2.33 bits per heavy atom. The first-order valence-corrected chi connectivity index (χ1v) is 6.06. The molecule has 0 aromatic heterocycles. The summed E-state index contributed by atoms with van der Waals surface area (Å²) in [6.07, 6.45) is 0.366. The van der Waals surface area contributed by atoms with Gasteiger partial charge in [-0.15, -0.1) is 0 Å². The van der Waals surface area contributed by atoms with Gasteiger partial charge >= 0.3 is 5.97 Å². The second-order valence-electron chi connectivity index (χ2n) is 3.39. The van der Waals surface area contributed by atoms with E-state index >= 15 is 0 Å². The van der Waals surface area contributed by atoms with Gasteiger partial charge in [-0.2, -0.15) is 11.8 Å². The standard InChI is InChI=1S/C9H16N2O3S/c1-10-8(12)2-3-11-4-5-15-6-7(11)9(13)14/h7H,2-6H2,1H3,(H,10,12)(H,13,14). The lowest BCUT2D eigenvalue weighted by Gasteiger charge is -2.32. The van der Waals surface area contributed by atoms with Crippen molar-refractivity contribution < 1.29 is 14.7 Å². The molecular formula is C9H16N2O3S. The number of carboxylic acid groups (broad SMARTS) is 1. The van der Waals surface area contributed by atoms with Crippen molar-refractivity contribution in [1.29, 1.82) is 0 Å². The van der Waals surface area contributed by atoms with Gasteiger partial charge in [-0.3, -0.25) is 14.5 Å². The van der Waals surface area contributed by atoms with Gasteiger partial charge in [0.15, 0.2) is 0 Å². The summed E-state index contributed by atoms with van der Waals surface area (Å²) >= 11 is 1.65. The minimum Gasteiger partial charge on any atom is -0.480 e. The summed E-state index contributed by atoms with van der Waals surface area (Å²) in [6, 6.07) is -0.437. The SMILES string of the molecule is CNC(=O)CCN1CCSCC1C(=O)O. The number of hydrogen-bond donors (Lipinski definition) is 2. The third-order valence-corrected chi connectivity index (χ3v) is 3.45. The smallest absolute Gasteiger partial charge is 0.321 e. The van der Waals surface area contributed by atoms with E-state index in [1.807, 2.05) is 4.90 Å². The number of nitrogens with one attached hydrogen (secondary N) is 1. The number of carbonyl (C=O) groups is 2. The van der Waals surface area contributed by atoms with Crippen LogP contribution in [0, 0.1) is 0 Å². The average Bonchev–Trinajstić information content (AvgIpc) is 2.26. The summed E-state index contributed by atoms with van der Waals surface area (Å²) < 4.78 is 0. The Hall–Kier alpha value is -0.750. The minimum absolute atomic E-state index is 0.0441. The molecule has 1 fully saturated rings. The number of aliphatic carboxylic acids is 1. The van der Waals surface area contributed by atoms with Gasteiger partial charge in [0.05, 0.1) is 0 Å². The number of carbonyl (C=O) groups excluding carboxylic acids is 1. The molecule has 1 rings (SSSR count). The van der Waals surface area contributed by atoms with Crippen LogP contribution in [0.2, 0.25) is 0 Å². The van der Waals surface area contributed by atoms with Crippen LogP contribution in [-0.4, -0.2) is 59.6 Å². The molecule has 1 amide bonds. The number of amides is 1. The lowest BCUT2D eigenvalue weighted by molar-refractivity contribution is -0.142. The van der Waals surface area contributed by atoms with Crippen LogP contribution in [0.4, 0.5) is 0 Å². The molecule has 1 aliphatic heterocycles. The van der Waals surface area contributed by atoms with E-state index in [4.69, 9.17) is 5.11 Å². The highest BCUT2D eigenvalue weighted by molar-refractivity contribution is 7.99. The lowest BCUT2D eigenvalue weighted by atomic mass is 10.2. The number of nitrogens with zero attached hydrogens (tertiary/aromatic N) is 1. The molecular weight excluding hydrogens is 216 g/mol. The van der Waals surface area contributed by atoms with Crippen molar-refractivity contribution in [3.63, 3.8) is 0 Å². The monoisotopic (exact) mass is 232 g/mol. The molecule has 1 aliphatic rings. The molecule has 0 spiro atoms. The highest BCUT2D eigenvalue weighted by Crippen LogP contribution is 2.16. The second-order valence-corrected chi connectivity index (χ2v) is 4.54. The topological polar surface area (TPSA) is 69.6 Å². The summed E-state index contributed by atoms with van der Waals surface area (Å²) in [5.74, 6) is 0.720. The Labute approximate surface area is 93.2 Å². The molecule has 5 nitrogen and oxygen atoms in total. The van der Waals surface area contributed by atoms with Gasteiger partial charge in [-0.05, 0) is 0 Å². The van der Waals surface area contributed by atoms with Crippen molar-refractivity contribution in [1.82, 2.24) is 10.2 Å². The maximum Gasteiger partial charge on any atom is 0.321 e. The van der Waals surface area contributed by atoms with Crippen molar-refractivity contribution in [2.75, 3.05) is 31.6 Å². The van der Waals surface area contributed by atoms with Gasteiger partial charge in [0.1, 0.15) is 6.04 Å². The number of rotatable bonds is 4. The van der Waals surface area contributed by atoms with Gasteiger partial charge in [0.25, 0.3) is 0 Å². The van der Waals surface area contributed by atoms with Crippen LogP contribution in [0.3, 0.4) is 0 Å². The maximum atomic E-state index is 11.0. The molecule has 86 valence electrons. The molecule has 0 saturated carbocycles. The zero-order valence-corrected chi connectivity index (χ0v) is 9.55. The summed E-state index contributed by atoms with van der Waals surface area (Å²) in [4.78, 5) is 23.8. The Balaban J connectivity index is 2.42. The highest BCUT2D eigenvalue weighted by Gasteiger charge is 2.28. The summed E-state index contributed by atoms with van der Waals surface area (Å²) in [6.45, 7) is 1.27. The van der Waals surface area contributed by atoms with Gasteiger partial charge < -0.3 is 10.4 Å². The zero-order chi connectivity index (χ0) is 11.3. The molecule has 1 heterocycles. The molecule has 0 aliphatic carbocycles. The normalized spacial score (nSPS) is 22.3. The molecule has 6 heteroatoms. The second kappa shape index (κ2) is 5.97. The third kappa shape index (κ3) is 3.71. The molecule has 2 N–H and O–H groups in total. The first-order chi connectivity index (χ1) is 7.15. The van der Waals surface area contributed by atoms with Crippen molar-refractivity contribution >= 4 is 23.6 Å². The van der Waals surface area contributed by atoms with E-state index in [2.05, 4.69) is 5.32 Å². The van der Waals surface area contributed by atoms with E-state index in [0.717, 1.165) is 12.3 Å². The highest BCUT2D eigenvalue weighted by atomic mass is 32.2. The fourth-order valence-corrected chi connectivity index (χ4v) is 2.61. The molecule has 0 aromatic rings. The van der Waals surface area contributed by atoms with Crippen LogP contribution in [0.25, 0.3) is 0 Å². The van der Waals surface area contributed by atoms with Crippen LogP contribution in [-0.2, 0) is 9.59 Å². The molecule has 0 radical (unpaired) electrons. The third-order valence-electron chi connectivity index (χ3n) is 2.43. The van der Waals surface area contributed by atoms with Gasteiger partial charge in [0, 0.05) is 38.1 Å². The molecule has 15 heavy (non-hydrogen) atoms. The van der Waals surface area contributed by atoms with Crippen LogP contribution >= 0.6 is 11.8 Å². The molecule has 0 bridgehead atoms. The van der Waals surface area contributed by atoms with Gasteiger partial charge in [-0.1, -0.05) is 0 Å². The molecule has 1 saturated heterocycles. The Morgan fingerprint density at radius 3 is 2.93 bits per heavy atom. The Kier molecular flexibility index (Phi) is 4.90. The molecule has 1 atom stereocenters. The molecule has 0 aromatic carbocycles. The zero-order valence-electron chi connectivity index (χ0n) is 8.73. The number of carboxylic acids is 1. The van der Waals surface area contributed by atoms with Gasteiger partial charge in [-0.25, -0.2) is 0 Å². The van der Waals surface area contributed by atoms with E-state index in [9.17, 15) is 9.59 Å². The number of hydrogen-bond acceptors (Lipinski definition) is 4. The average molecular weight is 232 g/mol. The van der Waals surface area contributed by atoms with Crippen LogP contribution in [0.5, 0.6) is 0 Å². The molecule has 1 unspecified atom stereocenters. The summed E-state index contributed by atoms with van der Waals surface area (Å²) in [7, 11) is 1.59. The lowest BCUT2D eigenvalue weighted by Crippen LogP contribution is -2.48. The Bertz CT molecular complexity index is 248.